The van der Waals surface area contributed by atoms with Gasteiger partial charge in [-0.1, -0.05) is 67.9 Å². The molecule has 0 spiro atoms. The number of para-hydroxylation sites is 2. The average molecular weight is 665 g/mol. The van der Waals surface area contributed by atoms with Crippen LogP contribution >= 0.6 is 11.6 Å². The number of fused-ring (bicyclic) bond motifs is 1. The lowest BCUT2D eigenvalue weighted by atomic mass is 9.78. The molecule has 6 rings (SSSR count). The molecule has 248 valence electrons. The average Bonchev–Trinajstić information content (AvgIpc) is 3.23. The third kappa shape index (κ3) is 7.07. The number of allylic oxidation sites excluding steroid dienone is 1. The van der Waals surface area contributed by atoms with Crippen molar-refractivity contribution in [3.63, 3.8) is 0 Å². The summed E-state index contributed by atoms with van der Waals surface area (Å²) in [5, 5.41) is 4.28. The molecule has 1 heterocycles. The number of halogens is 1. The molecule has 1 aliphatic heterocycles. The number of nitrogens with zero attached hydrogens (tertiary/aromatic N) is 1. The summed E-state index contributed by atoms with van der Waals surface area (Å²) < 4.78 is 17.7. The molecular formula is C40H41ClN2O5. The second-order valence-electron chi connectivity index (χ2n) is 12.7. The van der Waals surface area contributed by atoms with Crippen molar-refractivity contribution >= 4 is 34.7 Å². The number of Topliss-reactive ketones (excluding diaryl/α,β-unsaturated/α-hetero) is 1. The van der Waals surface area contributed by atoms with Gasteiger partial charge in [-0.25, -0.2) is 0 Å². The Morgan fingerprint density at radius 2 is 1.65 bits per heavy atom. The van der Waals surface area contributed by atoms with Crippen molar-refractivity contribution in [2.75, 3.05) is 23.9 Å². The Morgan fingerprint density at radius 3 is 2.35 bits per heavy atom. The molecule has 0 aromatic heterocycles. The molecule has 2 atom stereocenters. The van der Waals surface area contributed by atoms with E-state index in [1.807, 2.05) is 117 Å². The van der Waals surface area contributed by atoms with E-state index >= 15 is 0 Å². The molecule has 0 unspecified atom stereocenters. The summed E-state index contributed by atoms with van der Waals surface area (Å²) in [5.74, 6) is 1.95. The molecule has 1 aliphatic carbocycles. The van der Waals surface area contributed by atoms with E-state index in [1.165, 1.54) is 0 Å². The number of amides is 1. The third-order valence-electron chi connectivity index (χ3n) is 8.82. The summed E-state index contributed by atoms with van der Waals surface area (Å²) in [7, 11) is 1.64. The topological polar surface area (TPSA) is 77.1 Å². The number of methoxy groups -OCH3 is 1. The molecule has 4 aromatic carbocycles. The molecule has 8 heteroatoms. The Labute approximate surface area is 287 Å². The smallest absolute Gasteiger partial charge is 0.228 e. The van der Waals surface area contributed by atoms with Gasteiger partial charge < -0.3 is 19.5 Å². The maximum atomic E-state index is 14.4. The van der Waals surface area contributed by atoms with Crippen molar-refractivity contribution in [1.82, 2.24) is 0 Å². The first-order valence-electron chi connectivity index (χ1n) is 16.5. The third-order valence-corrected chi connectivity index (χ3v) is 9.07. The maximum Gasteiger partial charge on any atom is 0.228 e. The maximum absolute atomic E-state index is 14.4. The van der Waals surface area contributed by atoms with Crippen LogP contribution in [0.15, 0.2) is 102 Å². The lowest BCUT2D eigenvalue weighted by Gasteiger charge is -2.35. The monoisotopic (exact) mass is 664 g/mol. The largest absolute Gasteiger partial charge is 0.497 e. The van der Waals surface area contributed by atoms with Gasteiger partial charge in [-0.3, -0.25) is 14.5 Å². The zero-order valence-corrected chi connectivity index (χ0v) is 28.6. The normalized spacial score (nSPS) is 17.3. The van der Waals surface area contributed by atoms with Crippen molar-refractivity contribution in [3.05, 3.63) is 124 Å². The zero-order valence-electron chi connectivity index (χ0n) is 27.8. The fourth-order valence-electron chi connectivity index (χ4n) is 6.56. The lowest BCUT2D eigenvalue weighted by molar-refractivity contribution is -0.119. The molecule has 0 bridgehead atoms. The van der Waals surface area contributed by atoms with E-state index < -0.39 is 6.04 Å². The van der Waals surface area contributed by atoms with Gasteiger partial charge in [0.2, 0.25) is 5.91 Å². The van der Waals surface area contributed by atoms with Crippen LogP contribution in [0.2, 0.25) is 5.02 Å². The number of hydrogen-bond donors (Lipinski definition) is 1. The number of rotatable bonds is 10. The standard InChI is InChI=1S/C40H41ClN2O5/c1-5-47-37-23-28(14-19-36(37)48-24-26-10-15-30(41)16-11-26)40-39-33(21-29(22-35(39)44)27-12-17-31(46-4)18-13-27)42-32-8-6-7-9-34(32)43(40)38(45)20-25(2)3/h6-19,23,25,29,40,42H,5,20-22,24H2,1-4H3/t29-,40+/m0/s1. The van der Waals surface area contributed by atoms with E-state index in [9.17, 15) is 9.59 Å². The van der Waals surface area contributed by atoms with E-state index in [1.54, 1.807) is 7.11 Å². The van der Waals surface area contributed by atoms with Gasteiger partial charge in [0.05, 0.1) is 31.1 Å². The van der Waals surface area contributed by atoms with E-state index in [4.69, 9.17) is 25.8 Å². The number of nitrogens with one attached hydrogen (secondary N) is 1. The fraction of sp³-hybridized carbons (Fsp3) is 0.300. The number of carbonyl (C=O) groups excluding carboxylic acids is 2. The van der Waals surface area contributed by atoms with Crippen LogP contribution in [0.5, 0.6) is 17.2 Å². The first-order valence-corrected chi connectivity index (χ1v) is 16.9. The summed E-state index contributed by atoms with van der Waals surface area (Å²) in [5.41, 5.74) is 5.77. The molecule has 1 amide bonds. The number of ether oxygens (including phenoxy) is 3. The van der Waals surface area contributed by atoms with Crippen LogP contribution in [0.1, 0.15) is 68.7 Å². The second-order valence-corrected chi connectivity index (χ2v) is 13.1. The van der Waals surface area contributed by atoms with Crippen LogP contribution in [0.4, 0.5) is 11.4 Å². The predicted octanol–water partition coefficient (Wildman–Crippen LogP) is 9.27. The molecular weight excluding hydrogens is 624 g/mol. The van der Waals surface area contributed by atoms with Crippen molar-refractivity contribution in [1.29, 1.82) is 0 Å². The van der Waals surface area contributed by atoms with Gasteiger partial charge in [0.15, 0.2) is 17.3 Å². The van der Waals surface area contributed by atoms with E-state index in [2.05, 4.69) is 5.32 Å². The van der Waals surface area contributed by atoms with Gasteiger partial charge in [0.1, 0.15) is 12.4 Å². The highest BCUT2D eigenvalue weighted by Gasteiger charge is 2.42. The summed E-state index contributed by atoms with van der Waals surface area (Å²) in [6, 6.07) is 28.3. The number of benzene rings is 4. The fourth-order valence-corrected chi connectivity index (χ4v) is 6.69. The Morgan fingerprint density at radius 1 is 0.917 bits per heavy atom. The SMILES string of the molecule is CCOc1cc([C@@H]2C3=C(C[C@H](c4ccc(OC)cc4)CC3=O)Nc3ccccc3N2C(=O)CC(C)C)ccc1OCc1ccc(Cl)cc1. The first kappa shape index (κ1) is 33.2. The van der Waals surface area contributed by atoms with E-state index in [-0.39, 0.29) is 23.5 Å². The molecule has 0 saturated carbocycles. The van der Waals surface area contributed by atoms with Crippen molar-refractivity contribution in [3.8, 4) is 17.2 Å². The molecule has 0 saturated heterocycles. The van der Waals surface area contributed by atoms with Crippen molar-refractivity contribution in [2.24, 2.45) is 5.92 Å². The van der Waals surface area contributed by atoms with Gasteiger partial charge in [0, 0.05) is 29.1 Å². The minimum atomic E-state index is -0.670. The summed E-state index contributed by atoms with van der Waals surface area (Å²) >= 11 is 6.08. The first-order chi connectivity index (χ1) is 23.2. The number of carbonyl (C=O) groups is 2. The van der Waals surface area contributed by atoms with E-state index in [0.717, 1.165) is 39.5 Å². The van der Waals surface area contributed by atoms with Crippen LogP contribution in [0, 0.1) is 5.92 Å². The van der Waals surface area contributed by atoms with Gasteiger partial charge in [0.25, 0.3) is 0 Å². The predicted molar refractivity (Wildman–Crippen MR) is 190 cm³/mol. The number of hydrogen-bond acceptors (Lipinski definition) is 6. The number of anilines is 2. The van der Waals surface area contributed by atoms with Crippen LogP contribution < -0.4 is 24.4 Å². The Balaban J connectivity index is 1.46. The highest BCUT2D eigenvalue weighted by Crippen LogP contribution is 2.49. The minimum Gasteiger partial charge on any atom is -0.497 e. The lowest BCUT2D eigenvalue weighted by Crippen LogP contribution is -2.39. The summed E-state index contributed by atoms with van der Waals surface area (Å²) in [4.78, 5) is 30.5. The van der Waals surface area contributed by atoms with Crippen LogP contribution in [0.3, 0.4) is 0 Å². The molecule has 2 aliphatic rings. The van der Waals surface area contributed by atoms with E-state index in [0.29, 0.717) is 54.6 Å². The Hall–Kier alpha value is -4.75. The van der Waals surface area contributed by atoms with Crippen LogP contribution in [-0.4, -0.2) is 25.4 Å². The molecule has 7 nitrogen and oxygen atoms in total. The molecule has 1 N–H and O–H groups in total. The molecule has 4 aromatic rings. The number of ketones is 1. The highest BCUT2D eigenvalue weighted by molar-refractivity contribution is 6.30. The zero-order chi connectivity index (χ0) is 33.8. The van der Waals surface area contributed by atoms with Gasteiger partial charge >= 0.3 is 0 Å². The Kier molecular flexibility index (Phi) is 10.1. The minimum absolute atomic E-state index is 0.00532. The van der Waals surface area contributed by atoms with Gasteiger partial charge in [-0.15, -0.1) is 0 Å². The van der Waals surface area contributed by atoms with Crippen LogP contribution in [0.25, 0.3) is 0 Å². The summed E-state index contributed by atoms with van der Waals surface area (Å²) in [6.07, 6.45) is 1.27. The van der Waals surface area contributed by atoms with Crippen LogP contribution in [-0.2, 0) is 16.2 Å². The molecule has 0 radical (unpaired) electrons. The summed E-state index contributed by atoms with van der Waals surface area (Å²) in [6.45, 7) is 6.74. The second kappa shape index (κ2) is 14.6. The Bertz CT molecular complexity index is 1820. The quantitative estimate of drug-likeness (QED) is 0.182. The van der Waals surface area contributed by atoms with Crippen molar-refractivity contribution in [2.45, 2.75) is 58.6 Å². The van der Waals surface area contributed by atoms with Gasteiger partial charge in [-0.05, 0) is 90.4 Å². The molecule has 48 heavy (non-hydrogen) atoms. The highest BCUT2D eigenvalue weighted by atomic mass is 35.5. The van der Waals surface area contributed by atoms with Gasteiger partial charge in [-0.2, -0.15) is 0 Å². The molecule has 0 fully saturated rings. The van der Waals surface area contributed by atoms with Crippen molar-refractivity contribution < 1.29 is 23.8 Å².